The smallest absolute Gasteiger partial charge is 0.293 e. The summed E-state index contributed by atoms with van der Waals surface area (Å²) in [7, 11) is 0. The molecule has 0 saturated carbocycles. The second-order valence-electron chi connectivity index (χ2n) is 9.74. The Morgan fingerprint density at radius 1 is 0.919 bits per heavy atom. The number of nitrogens with one attached hydrogen (secondary N) is 1. The number of nitrogens with zero attached hydrogens (tertiary/aromatic N) is 5. The Morgan fingerprint density at radius 3 is 2.05 bits per heavy atom. The molecule has 0 bridgehead atoms. The van der Waals surface area contributed by atoms with Crippen molar-refractivity contribution in [2.24, 2.45) is 5.10 Å². The molecule has 2 aromatic carbocycles. The van der Waals surface area contributed by atoms with Gasteiger partial charge in [-0.1, -0.05) is 0 Å². The van der Waals surface area contributed by atoms with Gasteiger partial charge in [0, 0.05) is 60.2 Å². The fraction of sp³-hybridized carbons (Fsp3) is 0.462. The normalized spacial score (nSPS) is 20.2. The Morgan fingerprint density at radius 2 is 1.51 bits per heavy atom. The van der Waals surface area contributed by atoms with Crippen LogP contribution in [0.5, 0.6) is 0 Å². The SMILES string of the molecule is C[C@@H]1CCCCN1c1cc(N2CCCC[C@H]2C)c([N+](=O)[O-])cc1/C=N/NC(=O)c1ccc([N+](=O)[O-])cc1. The Labute approximate surface area is 215 Å². The Hall–Kier alpha value is -4.02. The maximum absolute atomic E-state index is 12.5. The van der Waals surface area contributed by atoms with Crippen molar-refractivity contribution >= 4 is 34.9 Å². The zero-order chi connectivity index (χ0) is 26.5. The van der Waals surface area contributed by atoms with Gasteiger partial charge in [-0.15, -0.1) is 0 Å². The van der Waals surface area contributed by atoms with E-state index in [0.29, 0.717) is 11.3 Å². The first-order chi connectivity index (χ1) is 17.8. The standard InChI is InChI=1S/C26H32N6O5/c1-18-7-3-5-13-29(18)23-16-24(30-14-6-4-8-19(30)2)25(32(36)37)15-21(23)17-27-28-26(33)20-9-11-22(12-10-20)31(34)35/h9-12,15-19H,3-8,13-14H2,1-2H3,(H,28,33)/b27-17+/t18-,19-/m1/s1. The molecule has 0 unspecified atom stereocenters. The molecule has 2 aromatic rings. The lowest BCUT2D eigenvalue weighted by Crippen LogP contribution is -2.40. The summed E-state index contributed by atoms with van der Waals surface area (Å²) < 4.78 is 0. The highest BCUT2D eigenvalue weighted by atomic mass is 16.6. The highest BCUT2D eigenvalue weighted by Gasteiger charge is 2.30. The summed E-state index contributed by atoms with van der Waals surface area (Å²) >= 11 is 0. The molecular formula is C26H32N6O5. The summed E-state index contributed by atoms with van der Waals surface area (Å²) in [5.41, 5.74) is 4.59. The number of nitro groups is 2. The van der Waals surface area contributed by atoms with Crippen LogP contribution < -0.4 is 15.2 Å². The number of nitro benzene ring substituents is 2. The monoisotopic (exact) mass is 508 g/mol. The second kappa shape index (κ2) is 11.4. The van der Waals surface area contributed by atoms with Crippen molar-refractivity contribution in [1.29, 1.82) is 0 Å². The summed E-state index contributed by atoms with van der Waals surface area (Å²) in [6.45, 7) is 5.87. The van der Waals surface area contributed by atoms with E-state index < -0.39 is 10.8 Å². The predicted molar refractivity (Wildman–Crippen MR) is 143 cm³/mol. The molecule has 2 atom stereocenters. The quantitative estimate of drug-likeness (QED) is 0.315. The lowest BCUT2D eigenvalue weighted by Gasteiger charge is -2.39. The third kappa shape index (κ3) is 5.87. The van der Waals surface area contributed by atoms with Crippen LogP contribution in [-0.2, 0) is 0 Å². The van der Waals surface area contributed by atoms with Crippen LogP contribution in [0.3, 0.4) is 0 Å². The third-order valence-electron chi connectivity index (χ3n) is 7.26. The van der Waals surface area contributed by atoms with Crippen molar-refractivity contribution in [3.63, 3.8) is 0 Å². The fourth-order valence-electron chi connectivity index (χ4n) is 5.18. The van der Waals surface area contributed by atoms with E-state index in [1.165, 1.54) is 30.5 Å². The van der Waals surface area contributed by atoms with E-state index >= 15 is 0 Å². The number of carbonyl (C=O) groups excluding carboxylic acids is 1. The van der Waals surface area contributed by atoms with Gasteiger partial charge < -0.3 is 9.80 Å². The highest BCUT2D eigenvalue weighted by molar-refractivity contribution is 5.96. The molecular weight excluding hydrogens is 476 g/mol. The lowest BCUT2D eigenvalue weighted by molar-refractivity contribution is -0.384. The Kier molecular flexibility index (Phi) is 8.00. The zero-order valence-electron chi connectivity index (χ0n) is 21.1. The molecule has 2 heterocycles. The number of piperidine rings is 2. The molecule has 0 spiro atoms. The molecule has 2 saturated heterocycles. The summed E-state index contributed by atoms with van der Waals surface area (Å²) in [6, 6.07) is 9.14. The lowest BCUT2D eigenvalue weighted by atomic mass is 9.98. The molecule has 2 aliphatic rings. The van der Waals surface area contributed by atoms with E-state index in [-0.39, 0.29) is 33.9 Å². The van der Waals surface area contributed by atoms with Gasteiger partial charge in [-0.2, -0.15) is 5.10 Å². The molecule has 37 heavy (non-hydrogen) atoms. The molecule has 11 heteroatoms. The van der Waals surface area contributed by atoms with Crippen LogP contribution in [0.25, 0.3) is 0 Å². The molecule has 1 amide bonds. The van der Waals surface area contributed by atoms with Crippen LogP contribution >= 0.6 is 0 Å². The average Bonchev–Trinajstić information content (AvgIpc) is 2.89. The van der Waals surface area contributed by atoms with E-state index in [1.54, 1.807) is 6.07 Å². The summed E-state index contributed by atoms with van der Waals surface area (Å²) in [5.74, 6) is -0.535. The van der Waals surface area contributed by atoms with Gasteiger partial charge in [-0.05, 0) is 70.6 Å². The van der Waals surface area contributed by atoms with Gasteiger partial charge in [-0.25, -0.2) is 5.43 Å². The number of non-ortho nitro benzene ring substituents is 1. The zero-order valence-corrected chi connectivity index (χ0v) is 21.1. The number of rotatable bonds is 7. The largest absolute Gasteiger partial charge is 0.368 e. The average molecular weight is 509 g/mol. The van der Waals surface area contributed by atoms with Crippen molar-refractivity contribution in [3.05, 3.63) is 67.8 Å². The van der Waals surface area contributed by atoms with Crippen LogP contribution in [-0.4, -0.2) is 47.1 Å². The van der Waals surface area contributed by atoms with Crippen LogP contribution in [0.1, 0.15) is 68.3 Å². The van der Waals surface area contributed by atoms with Crippen molar-refractivity contribution in [1.82, 2.24) is 5.43 Å². The molecule has 2 aliphatic heterocycles. The summed E-state index contributed by atoms with van der Waals surface area (Å²) in [6.07, 6.45) is 7.73. The molecule has 0 radical (unpaired) electrons. The first kappa shape index (κ1) is 26.1. The van der Waals surface area contributed by atoms with Crippen LogP contribution in [0.4, 0.5) is 22.7 Å². The molecule has 1 N–H and O–H groups in total. The van der Waals surface area contributed by atoms with Crippen LogP contribution in [0.15, 0.2) is 41.5 Å². The van der Waals surface area contributed by atoms with Crippen molar-refractivity contribution < 1.29 is 14.6 Å². The van der Waals surface area contributed by atoms with Crippen LogP contribution in [0.2, 0.25) is 0 Å². The van der Waals surface area contributed by atoms with Crippen molar-refractivity contribution in [2.75, 3.05) is 22.9 Å². The van der Waals surface area contributed by atoms with Gasteiger partial charge in [0.2, 0.25) is 0 Å². The molecule has 0 aromatic heterocycles. The maximum atomic E-state index is 12.5. The molecule has 11 nitrogen and oxygen atoms in total. The molecule has 0 aliphatic carbocycles. The summed E-state index contributed by atoms with van der Waals surface area (Å²) in [5, 5.41) is 27.1. The molecule has 2 fully saturated rings. The van der Waals surface area contributed by atoms with Gasteiger partial charge in [0.1, 0.15) is 5.69 Å². The minimum Gasteiger partial charge on any atom is -0.368 e. The van der Waals surface area contributed by atoms with E-state index in [2.05, 4.69) is 34.2 Å². The molecule has 4 rings (SSSR count). The number of carbonyl (C=O) groups is 1. The second-order valence-corrected chi connectivity index (χ2v) is 9.74. The minimum absolute atomic E-state index is 0.0188. The van der Waals surface area contributed by atoms with Gasteiger partial charge >= 0.3 is 0 Å². The molecule has 196 valence electrons. The van der Waals surface area contributed by atoms with Gasteiger partial charge in [0.25, 0.3) is 17.3 Å². The summed E-state index contributed by atoms with van der Waals surface area (Å²) in [4.78, 5) is 39.0. The number of hydrogen-bond acceptors (Lipinski definition) is 8. The van der Waals surface area contributed by atoms with E-state index in [9.17, 15) is 25.0 Å². The van der Waals surface area contributed by atoms with E-state index in [4.69, 9.17) is 0 Å². The number of hydrogen-bond donors (Lipinski definition) is 1. The van der Waals surface area contributed by atoms with Crippen LogP contribution in [0, 0.1) is 20.2 Å². The minimum atomic E-state index is -0.538. The van der Waals surface area contributed by atoms with Gasteiger partial charge in [0.15, 0.2) is 0 Å². The Bertz CT molecular complexity index is 1200. The predicted octanol–water partition coefficient (Wildman–Crippen LogP) is 5.02. The number of anilines is 2. The number of benzene rings is 2. The van der Waals surface area contributed by atoms with Gasteiger partial charge in [-0.3, -0.25) is 25.0 Å². The van der Waals surface area contributed by atoms with E-state index in [0.717, 1.165) is 57.3 Å². The van der Waals surface area contributed by atoms with Crippen molar-refractivity contribution in [2.45, 2.75) is 64.5 Å². The topological polar surface area (TPSA) is 134 Å². The van der Waals surface area contributed by atoms with E-state index in [1.807, 2.05) is 6.07 Å². The maximum Gasteiger partial charge on any atom is 0.293 e. The highest BCUT2D eigenvalue weighted by Crippen LogP contribution is 2.39. The van der Waals surface area contributed by atoms with Crippen molar-refractivity contribution in [3.8, 4) is 0 Å². The Balaban J connectivity index is 1.67. The third-order valence-corrected chi connectivity index (χ3v) is 7.26. The number of amides is 1. The first-order valence-corrected chi connectivity index (χ1v) is 12.7. The number of hydrazone groups is 1. The first-order valence-electron chi connectivity index (χ1n) is 12.7. The van der Waals surface area contributed by atoms with Gasteiger partial charge in [0.05, 0.1) is 16.1 Å². The fourth-order valence-corrected chi connectivity index (χ4v) is 5.18.